The molecule has 1 aliphatic rings. The summed E-state index contributed by atoms with van der Waals surface area (Å²) >= 11 is 0. The Morgan fingerprint density at radius 2 is 2.21 bits per heavy atom. The van der Waals surface area contributed by atoms with Crippen LogP contribution in [0.15, 0.2) is 24.3 Å². The van der Waals surface area contributed by atoms with Crippen LogP contribution in [0.4, 0.5) is 0 Å². The summed E-state index contributed by atoms with van der Waals surface area (Å²) in [6, 6.07) is 8.50. The maximum Gasteiger partial charge on any atom is 0.0908 e. The van der Waals surface area contributed by atoms with Crippen LogP contribution in [0.25, 0.3) is 0 Å². The van der Waals surface area contributed by atoms with Crippen molar-refractivity contribution in [1.29, 1.82) is 0 Å². The largest absolute Gasteiger partial charge is 0.385 e. The minimum atomic E-state index is -0.722. The highest BCUT2D eigenvalue weighted by Crippen LogP contribution is 2.33. The van der Waals surface area contributed by atoms with E-state index in [0.717, 1.165) is 37.9 Å². The van der Waals surface area contributed by atoms with E-state index >= 15 is 0 Å². The minimum absolute atomic E-state index is 0.315. The van der Waals surface area contributed by atoms with E-state index in [-0.39, 0.29) is 0 Å². The van der Waals surface area contributed by atoms with Crippen LogP contribution >= 0.6 is 0 Å². The van der Waals surface area contributed by atoms with E-state index in [1.54, 1.807) is 0 Å². The predicted molar refractivity (Wildman–Crippen MR) is 80.1 cm³/mol. The molecular weight excluding hydrogens is 234 g/mol. The van der Waals surface area contributed by atoms with E-state index in [1.165, 1.54) is 5.56 Å². The summed E-state index contributed by atoms with van der Waals surface area (Å²) in [5.41, 5.74) is 1.68. The molecule has 0 spiro atoms. The summed E-state index contributed by atoms with van der Waals surface area (Å²) in [7, 11) is 0. The van der Waals surface area contributed by atoms with Gasteiger partial charge in [0.15, 0.2) is 0 Å². The molecule has 2 heteroatoms. The van der Waals surface area contributed by atoms with E-state index in [1.807, 2.05) is 6.92 Å². The Bertz CT molecular complexity index is 405. The van der Waals surface area contributed by atoms with Crippen LogP contribution < -0.4 is 5.32 Å². The number of aliphatic hydroxyl groups is 1. The molecule has 0 aliphatic carbocycles. The van der Waals surface area contributed by atoms with Crippen molar-refractivity contribution in [2.75, 3.05) is 13.1 Å². The third kappa shape index (κ3) is 3.58. The lowest BCUT2D eigenvalue weighted by Crippen LogP contribution is -2.42. The number of nitrogens with one attached hydrogen (secondary N) is 1. The summed E-state index contributed by atoms with van der Waals surface area (Å²) in [6.07, 6.45) is 3.34. The highest BCUT2D eigenvalue weighted by atomic mass is 16.3. The zero-order chi connectivity index (χ0) is 13.9. The molecular formula is C17H27NO. The fraction of sp³-hybridized carbons (Fsp3) is 0.647. The smallest absolute Gasteiger partial charge is 0.0908 e. The lowest BCUT2D eigenvalue weighted by Gasteiger charge is -2.36. The third-order valence-corrected chi connectivity index (χ3v) is 4.25. The maximum absolute atomic E-state index is 10.9. The second-order valence-corrected chi connectivity index (χ2v) is 6.49. The van der Waals surface area contributed by atoms with Gasteiger partial charge in [0.05, 0.1) is 5.60 Å². The van der Waals surface area contributed by atoms with Crippen LogP contribution in [-0.2, 0) is 12.0 Å². The van der Waals surface area contributed by atoms with Crippen LogP contribution in [0.2, 0.25) is 0 Å². The SMILES string of the molecule is CC(C)Cc1cccc(C(C)(O)C2CCCNC2)c1. The van der Waals surface area contributed by atoms with Crippen molar-refractivity contribution in [2.24, 2.45) is 11.8 Å². The molecule has 0 radical (unpaired) electrons. The lowest BCUT2D eigenvalue weighted by molar-refractivity contribution is -0.0157. The second kappa shape index (κ2) is 6.06. The molecule has 1 heterocycles. The molecule has 0 saturated carbocycles. The molecule has 1 fully saturated rings. The molecule has 106 valence electrons. The van der Waals surface area contributed by atoms with Crippen molar-refractivity contribution < 1.29 is 5.11 Å². The van der Waals surface area contributed by atoms with E-state index in [2.05, 4.69) is 43.4 Å². The highest BCUT2D eigenvalue weighted by Gasteiger charge is 2.34. The first-order chi connectivity index (χ1) is 9.00. The Hall–Kier alpha value is -0.860. The summed E-state index contributed by atoms with van der Waals surface area (Å²) in [6.45, 7) is 8.44. The molecule has 2 atom stereocenters. The van der Waals surface area contributed by atoms with Crippen molar-refractivity contribution in [3.05, 3.63) is 35.4 Å². The van der Waals surface area contributed by atoms with Gasteiger partial charge >= 0.3 is 0 Å². The zero-order valence-corrected chi connectivity index (χ0v) is 12.4. The van der Waals surface area contributed by atoms with Crippen molar-refractivity contribution in [3.8, 4) is 0 Å². The summed E-state index contributed by atoms with van der Waals surface area (Å²) in [4.78, 5) is 0. The number of rotatable bonds is 4. The van der Waals surface area contributed by atoms with Gasteiger partial charge in [-0.15, -0.1) is 0 Å². The van der Waals surface area contributed by atoms with Crippen molar-refractivity contribution in [1.82, 2.24) is 5.32 Å². The molecule has 1 aliphatic heterocycles. The molecule has 0 amide bonds. The van der Waals surface area contributed by atoms with Gasteiger partial charge in [-0.1, -0.05) is 38.1 Å². The average molecular weight is 261 g/mol. The van der Waals surface area contributed by atoms with Gasteiger partial charge in [0.1, 0.15) is 0 Å². The first kappa shape index (κ1) is 14.5. The molecule has 0 aromatic heterocycles. The molecule has 2 unspecified atom stereocenters. The quantitative estimate of drug-likeness (QED) is 0.873. The maximum atomic E-state index is 10.9. The fourth-order valence-electron chi connectivity index (χ4n) is 3.05. The van der Waals surface area contributed by atoms with Gasteiger partial charge in [0.2, 0.25) is 0 Å². The monoisotopic (exact) mass is 261 g/mol. The first-order valence-corrected chi connectivity index (χ1v) is 7.52. The van der Waals surface area contributed by atoms with E-state index < -0.39 is 5.60 Å². The fourth-order valence-corrected chi connectivity index (χ4v) is 3.05. The number of piperidine rings is 1. The van der Waals surface area contributed by atoms with Gasteiger partial charge in [-0.05, 0) is 49.8 Å². The van der Waals surface area contributed by atoms with Gasteiger partial charge in [-0.25, -0.2) is 0 Å². The molecule has 2 rings (SSSR count). The van der Waals surface area contributed by atoms with Crippen molar-refractivity contribution in [2.45, 2.75) is 45.6 Å². The van der Waals surface area contributed by atoms with Gasteiger partial charge < -0.3 is 10.4 Å². The lowest BCUT2D eigenvalue weighted by atomic mass is 9.78. The van der Waals surface area contributed by atoms with E-state index in [9.17, 15) is 5.11 Å². The standard InChI is InChI=1S/C17H27NO/c1-13(2)10-14-6-4-7-15(11-14)17(3,19)16-8-5-9-18-12-16/h4,6-7,11,13,16,18-19H,5,8-10,12H2,1-3H3. The van der Waals surface area contributed by atoms with Gasteiger partial charge in [-0.2, -0.15) is 0 Å². The number of hydrogen-bond acceptors (Lipinski definition) is 2. The van der Waals surface area contributed by atoms with Crippen molar-refractivity contribution >= 4 is 0 Å². The minimum Gasteiger partial charge on any atom is -0.385 e. The van der Waals surface area contributed by atoms with Crippen LogP contribution in [0.1, 0.15) is 44.7 Å². The normalized spacial score (nSPS) is 23.3. The summed E-state index contributed by atoms with van der Waals surface area (Å²) < 4.78 is 0. The topological polar surface area (TPSA) is 32.3 Å². The average Bonchev–Trinajstić information content (AvgIpc) is 2.39. The molecule has 1 aromatic rings. The van der Waals surface area contributed by atoms with E-state index in [4.69, 9.17) is 0 Å². The van der Waals surface area contributed by atoms with Gasteiger partial charge in [-0.3, -0.25) is 0 Å². The van der Waals surface area contributed by atoms with Crippen LogP contribution in [0.3, 0.4) is 0 Å². The van der Waals surface area contributed by atoms with Crippen LogP contribution in [0, 0.1) is 11.8 Å². The Labute approximate surface area is 117 Å². The number of benzene rings is 1. The van der Waals surface area contributed by atoms with E-state index in [0.29, 0.717) is 11.8 Å². The Morgan fingerprint density at radius 1 is 1.42 bits per heavy atom. The molecule has 0 bridgehead atoms. The Balaban J connectivity index is 2.18. The first-order valence-electron chi connectivity index (χ1n) is 7.52. The highest BCUT2D eigenvalue weighted by molar-refractivity contribution is 5.29. The Kier molecular flexibility index (Phi) is 4.64. The zero-order valence-electron chi connectivity index (χ0n) is 12.4. The van der Waals surface area contributed by atoms with Gasteiger partial charge in [0, 0.05) is 12.5 Å². The summed E-state index contributed by atoms with van der Waals surface area (Å²) in [5.74, 6) is 0.965. The molecule has 19 heavy (non-hydrogen) atoms. The van der Waals surface area contributed by atoms with Gasteiger partial charge in [0.25, 0.3) is 0 Å². The molecule has 2 N–H and O–H groups in total. The predicted octanol–water partition coefficient (Wildman–Crippen LogP) is 3.09. The van der Waals surface area contributed by atoms with Crippen LogP contribution in [0.5, 0.6) is 0 Å². The molecule has 1 saturated heterocycles. The van der Waals surface area contributed by atoms with Crippen LogP contribution in [-0.4, -0.2) is 18.2 Å². The second-order valence-electron chi connectivity index (χ2n) is 6.49. The molecule has 2 nitrogen and oxygen atoms in total. The van der Waals surface area contributed by atoms with Crippen molar-refractivity contribution in [3.63, 3.8) is 0 Å². The molecule has 1 aromatic carbocycles. The Morgan fingerprint density at radius 3 is 2.84 bits per heavy atom. The number of hydrogen-bond donors (Lipinski definition) is 2. The third-order valence-electron chi connectivity index (χ3n) is 4.25. The summed E-state index contributed by atoms with van der Waals surface area (Å²) in [5, 5.41) is 14.3.